The first kappa shape index (κ1) is 23.3. The molecule has 0 fully saturated rings. The van der Waals surface area contributed by atoms with E-state index in [1.165, 1.54) is 6.92 Å². The van der Waals surface area contributed by atoms with Gasteiger partial charge in [-0.15, -0.1) is 0 Å². The number of hydrazone groups is 1. The van der Waals surface area contributed by atoms with E-state index in [4.69, 9.17) is 27.9 Å². The fourth-order valence-corrected chi connectivity index (χ4v) is 3.81. The molecule has 1 atom stereocenters. The standard InChI is InChI=1S/C15H10Cl2F6N4OS/c1-3-28-13-12(29-15(21,22)23)10(6-24)27(25-2)26(13)11-8(16)4-7(5-9(11)17)14(18,19)20/h4-5,10H,2-3H2,1H3. The molecule has 29 heavy (non-hydrogen) atoms. The molecule has 1 aliphatic heterocycles. The summed E-state index contributed by atoms with van der Waals surface area (Å²) in [5.41, 5.74) is -6.31. The van der Waals surface area contributed by atoms with Crippen molar-refractivity contribution in [3.8, 4) is 6.07 Å². The Bertz CT molecular complexity index is 860. The van der Waals surface area contributed by atoms with Crippen LogP contribution in [0.2, 0.25) is 10.0 Å². The zero-order chi connectivity index (χ0) is 22.1. The number of benzene rings is 1. The summed E-state index contributed by atoms with van der Waals surface area (Å²) in [6.45, 7) is 4.53. The molecule has 0 radical (unpaired) electrons. The highest BCUT2D eigenvalue weighted by molar-refractivity contribution is 8.04. The number of hydrogen-bond acceptors (Lipinski definition) is 6. The van der Waals surface area contributed by atoms with E-state index in [0.29, 0.717) is 17.3 Å². The molecule has 1 aromatic carbocycles. The zero-order valence-electron chi connectivity index (χ0n) is 14.3. The van der Waals surface area contributed by atoms with Crippen LogP contribution in [0.25, 0.3) is 0 Å². The summed E-state index contributed by atoms with van der Waals surface area (Å²) in [7, 11) is 0. The van der Waals surface area contributed by atoms with Gasteiger partial charge in [0.2, 0.25) is 5.88 Å². The first-order chi connectivity index (χ1) is 13.4. The van der Waals surface area contributed by atoms with Crippen molar-refractivity contribution in [3.63, 3.8) is 0 Å². The average molecular weight is 479 g/mol. The minimum atomic E-state index is -4.79. The lowest BCUT2D eigenvalue weighted by atomic mass is 10.2. The van der Waals surface area contributed by atoms with E-state index in [-0.39, 0.29) is 12.3 Å². The van der Waals surface area contributed by atoms with Crippen molar-refractivity contribution in [1.29, 1.82) is 5.26 Å². The topological polar surface area (TPSA) is 51.9 Å². The van der Waals surface area contributed by atoms with Crippen LogP contribution in [-0.4, -0.2) is 30.0 Å². The van der Waals surface area contributed by atoms with Gasteiger partial charge in [-0.25, -0.2) is 0 Å². The normalized spacial score (nSPS) is 17.6. The highest BCUT2D eigenvalue weighted by Gasteiger charge is 2.48. The number of hydrazine groups is 1. The van der Waals surface area contributed by atoms with Gasteiger partial charge < -0.3 is 4.74 Å². The van der Waals surface area contributed by atoms with Crippen molar-refractivity contribution in [3.05, 3.63) is 38.5 Å². The van der Waals surface area contributed by atoms with Gasteiger partial charge in [-0.3, -0.25) is 0 Å². The quantitative estimate of drug-likeness (QED) is 0.382. The largest absolute Gasteiger partial charge is 0.477 e. The monoisotopic (exact) mass is 478 g/mol. The highest BCUT2D eigenvalue weighted by Crippen LogP contribution is 2.50. The summed E-state index contributed by atoms with van der Waals surface area (Å²) >= 11 is 11.3. The molecule has 2 rings (SSSR count). The molecule has 14 heteroatoms. The summed E-state index contributed by atoms with van der Waals surface area (Å²) in [4.78, 5) is -0.596. The Hall–Kier alpha value is -1.97. The highest BCUT2D eigenvalue weighted by atomic mass is 35.5. The van der Waals surface area contributed by atoms with Gasteiger partial charge in [0.05, 0.1) is 33.2 Å². The molecule has 1 aromatic rings. The number of alkyl halides is 6. The van der Waals surface area contributed by atoms with Crippen LogP contribution >= 0.6 is 35.0 Å². The SMILES string of the molecule is C=NN1C(C#N)C(SC(F)(F)F)=C(OCC)N1c1c(Cl)cc(C(F)(F)F)cc1Cl. The second kappa shape index (κ2) is 8.41. The molecule has 0 saturated carbocycles. The van der Waals surface area contributed by atoms with Crippen molar-refractivity contribution in [1.82, 2.24) is 5.12 Å². The van der Waals surface area contributed by atoms with Crippen molar-refractivity contribution >= 4 is 47.4 Å². The molecule has 1 heterocycles. The van der Waals surface area contributed by atoms with Crippen LogP contribution in [0, 0.1) is 11.3 Å². The first-order valence-electron chi connectivity index (χ1n) is 7.50. The van der Waals surface area contributed by atoms with Crippen LogP contribution in [0.3, 0.4) is 0 Å². The van der Waals surface area contributed by atoms with Crippen LogP contribution < -0.4 is 5.01 Å². The number of nitriles is 1. The van der Waals surface area contributed by atoms with Crippen molar-refractivity contribution in [2.45, 2.75) is 24.7 Å². The second-order valence-electron chi connectivity index (χ2n) is 5.24. The summed E-state index contributed by atoms with van der Waals surface area (Å²) in [5, 5.41) is 13.3. The van der Waals surface area contributed by atoms with E-state index in [1.54, 1.807) is 6.07 Å². The summed E-state index contributed by atoms with van der Waals surface area (Å²) < 4.78 is 83.3. The summed E-state index contributed by atoms with van der Waals surface area (Å²) in [6, 6.07) is 1.09. The van der Waals surface area contributed by atoms with Crippen molar-refractivity contribution in [2.75, 3.05) is 11.6 Å². The maximum atomic E-state index is 13.0. The number of thioether (sulfide) groups is 1. The molecule has 0 amide bonds. The number of anilines is 1. The molecule has 0 N–H and O–H groups in total. The Labute approximate surface area is 175 Å². The van der Waals surface area contributed by atoms with Crippen molar-refractivity contribution < 1.29 is 31.1 Å². The number of hydrogen-bond donors (Lipinski definition) is 0. The van der Waals surface area contributed by atoms with Gasteiger partial charge in [0.1, 0.15) is 5.69 Å². The molecule has 0 aromatic heterocycles. The lowest BCUT2D eigenvalue weighted by Crippen LogP contribution is -2.39. The minimum Gasteiger partial charge on any atom is -0.477 e. The minimum absolute atomic E-state index is 0.132. The van der Waals surface area contributed by atoms with Crippen molar-refractivity contribution in [2.24, 2.45) is 5.10 Å². The molecule has 1 unspecified atom stereocenters. The fourth-order valence-electron chi connectivity index (χ4n) is 2.42. The maximum Gasteiger partial charge on any atom is 0.446 e. The third-order valence-corrected chi connectivity index (χ3v) is 4.84. The number of halogens is 8. The zero-order valence-corrected chi connectivity index (χ0v) is 16.6. The van der Waals surface area contributed by atoms with Gasteiger partial charge in [-0.2, -0.15) is 46.8 Å². The van der Waals surface area contributed by atoms with Gasteiger partial charge in [0, 0.05) is 6.72 Å². The number of rotatable bonds is 5. The number of ether oxygens (including phenoxy) is 1. The smallest absolute Gasteiger partial charge is 0.446 e. The van der Waals surface area contributed by atoms with Gasteiger partial charge in [-0.1, -0.05) is 23.2 Å². The predicted octanol–water partition coefficient (Wildman–Crippen LogP) is 6.02. The molecule has 0 spiro atoms. The van der Waals surface area contributed by atoms with Gasteiger partial charge >= 0.3 is 11.7 Å². The molecule has 1 aliphatic rings. The van der Waals surface area contributed by atoms with Crippen LogP contribution in [0.15, 0.2) is 28.0 Å². The van der Waals surface area contributed by atoms with Crippen LogP contribution in [0.1, 0.15) is 12.5 Å². The first-order valence-corrected chi connectivity index (χ1v) is 9.07. The van der Waals surface area contributed by atoms with Gasteiger partial charge in [0.15, 0.2) is 6.04 Å². The molecule has 0 bridgehead atoms. The van der Waals surface area contributed by atoms with Crippen LogP contribution in [0.4, 0.5) is 32.0 Å². The maximum absolute atomic E-state index is 13.0. The Morgan fingerprint density at radius 2 is 1.79 bits per heavy atom. The lowest BCUT2D eigenvalue weighted by Gasteiger charge is -2.31. The summed E-state index contributed by atoms with van der Waals surface area (Å²) in [6.07, 6.45) is -4.77. The predicted molar refractivity (Wildman–Crippen MR) is 97.0 cm³/mol. The Morgan fingerprint density at radius 1 is 1.24 bits per heavy atom. The third kappa shape index (κ3) is 4.79. The van der Waals surface area contributed by atoms with E-state index in [0.717, 1.165) is 5.01 Å². The molecule has 158 valence electrons. The second-order valence-corrected chi connectivity index (χ2v) is 7.16. The Kier molecular flexibility index (Phi) is 6.76. The van der Waals surface area contributed by atoms with Gasteiger partial charge in [-0.05, 0) is 30.8 Å². The summed E-state index contributed by atoms with van der Waals surface area (Å²) in [5.74, 6) is -0.502. The molecular formula is C15H10Cl2F6N4OS. The fraction of sp³-hybridized carbons (Fsp3) is 0.333. The van der Waals surface area contributed by atoms with Gasteiger partial charge in [0.25, 0.3) is 0 Å². The Balaban J connectivity index is 2.74. The lowest BCUT2D eigenvalue weighted by molar-refractivity contribution is -0.137. The average Bonchev–Trinajstić information content (AvgIpc) is 2.85. The van der Waals surface area contributed by atoms with Crippen LogP contribution in [-0.2, 0) is 10.9 Å². The molecule has 0 saturated heterocycles. The van der Waals surface area contributed by atoms with E-state index in [2.05, 4.69) is 11.8 Å². The third-order valence-electron chi connectivity index (χ3n) is 3.42. The van der Waals surface area contributed by atoms with Crippen LogP contribution in [0.5, 0.6) is 0 Å². The molecular weight excluding hydrogens is 469 g/mol. The molecule has 0 aliphatic carbocycles. The molecule has 5 nitrogen and oxygen atoms in total. The Morgan fingerprint density at radius 3 is 2.17 bits per heavy atom. The number of nitrogens with zero attached hydrogens (tertiary/aromatic N) is 4. The van der Waals surface area contributed by atoms with E-state index in [9.17, 15) is 31.6 Å². The van der Waals surface area contributed by atoms with E-state index < -0.39 is 55.9 Å². The van der Waals surface area contributed by atoms with E-state index in [1.807, 2.05) is 0 Å². The van der Waals surface area contributed by atoms with E-state index >= 15 is 0 Å².